The Morgan fingerprint density at radius 3 is 2.11 bits per heavy atom. The van der Waals surface area contributed by atoms with Gasteiger partial charge in [0.1, 0.15) is 6.07 Å². The molecule has 138 valence electrons. The molecule has 0 aliphatic rings. The average Bonchev–Trinajstić information content (AvgIpc) is 2.73. The van der Waals surface area contributed by atoms with Crippen molar-refractivity contribution in [2.45, 2.75) is 13.5 Å². The van der Waals surface area contributed by atoms with E-state index < -0.39 is 0 Å². The van der Waals surface area contributed by atoms with Crippen LogP contribution in [0.25, 0.3) is 0 Å². The van der Waals surface area contributed by atoms with Crippen molar-refractivity contribution >= 4 is 17.5 Å². The fourth-order valence-corrected chi connectivity index (χ4v) is 2.65. The van der Waals surface area contributed by atoms with E-state index in [0.29, 0.717) is 28.9 Å². The second kappa shape index (κ2) is 8.65. The number of rotatable bonds is 5. The van der Waals surface area contributed by atoms with Crippen LogP contribution in [0.2, 0.25) is 0 Å². The number of carbonyl (C=O) groups excluding carboxylic acids is 2. The highest BCUT2D eigenvalue weighted by Crippen LogP contribution is 2.15. The highest BCUT2D eigenvalue weighted by atomic mass is 16.2. The molecule has 28 heavy (non-hydrogen) atoms. The molecule has 0 radical (unpaired) electrons. The zero-order chi connectivity index (χ0) is 19.9. The van der Waals surface area contributed by atoms with Gasteiger partial charge in [0.05, 0.1) is 11.3 Å². The summed E-state index contributed by atoms with van der Waals surface area (Å²) >= 11 is 0. The van der Waals surface area contributed by atoms with Crippen molar-refractivity contribution in [2.24, 2.45) is 0 Å². The lowest BCUT2D eigenvalue weighted by Crippen LogP contribution is -2.23. The number of nitrogens with one attached hydrogen (secondary N) is 2. The van der Waals surface area contributed by atoms with Gasteiger partial charge >= 0.3 is 0 Å². The molecule has 3 rings (SSSR count). The first-order valence-corrected chi connectivity index (χ1v) is 8.81. The Kier molecular flexibility index (Phi) is 5.83. The van der Waals surface area contributed by atoms with Crippen molar-refractivity contribution in [3.05, 3.63) is 101 Å². The molecule has 0 aromatic heterocycles. The van der Waals surface area contributed by atoms with Gasteiger partial charge in [-0.05, 0) is 48.9 Å². The number of aryl methyl sites for hydroxylation is 1. The van der Waals surface area contributed by atoms with E-state index in [1.165, 1.54) is 5.56 Å². The van der Waals surface area contributed by atoms with Crippen molar-refractivity contribution in [1.29, 1.82) is 5.26 Å². The van der Waals surface area contributed by atoms with Crippen LogP contribution in [0.4, 0.5) is 5.69 Å². The number of para-hydroxylation sites is 1. The Morgan fingerprint density at radius 2 is 1.46 bits per heavy atom. The van der Waals surface area contributed by atoms with Gasteiger partial charge in [0, 0.05) is 17.7 Å². The summed E-state index contributed by atoms with van der Waals surface area (Å²) in [5, 5.41) is 14.7. The Balaban J connectivity index is 1.62. The van der Waals surface area contributed by atoms with Crippen LogP contribution in [-0.4, -0.2) is 11.8 Å². The number of benzene rings is 3. The van der Waals surface area contributed by atoms with Gasteiger partial charge < -0.3 is 10.6 Å². The number of hydrogen-bond acceptors (Lipinski definition) is 3. The zero-order valence-electron chi connectivity index (χ0n) is 15.4. The summed E-state index contributed by atoms with van der Waals surface area (Å²) in [6.07, 6.45) is 0. The van der Waals surface area contributed by atoms with E-state index in [2.05, 4.69) is 10.6 Å². The number of hydrogen-bond donors (Lipinski definition) is 2. The fraction of sp³-hybridized carbons (Fsp3) is 0.0870. The zero-order valence-corrected chi connectivity index (χ0v) is 15.4. The molecule has 0 unspecified atom stereocenters. The van der Waals surface area contributed by atoms with Gasteiger partial charge in [0.15, 0.2) is 0 Å². The van der Waals surface area contributed by atoms with Crippen LogP contribution < -0.4 is 10.6 Å². The summed E-state index contributed by atoms with van der Waals surface area (Å²) in [4.78, 5) is 24.7. The Bertz CT molecular complexity index is 1030. The van der Waals surface area contributed by atoms with Gasteiger partial charge in [-0.1, -0.05) is 42.0 Å². The largest absolute Gasteiger partial charge is 0.348 e. The van der Waals surface area contributed by atoms with Gasteiger partial charge in [-0.25, -0.2) is 0 Å². The maximum Gasteiger partial charge on any atom is 0.255 e. The van der Waals surface area contributed by atoms with Gasteiger partial charge in [-0.15, -0.1) is 0 Å². The molecule has 3 aromatic rings. The van der Waals surface area contributed by atoms with Gasteiger partial charge in [0.25, 0.3) is 11.8 Å². The molecule has 3 aromatic carbocycles. The van der Waals surface area contributed by atoms with Crippen molar-refractivity contribution in [3.8, 4) is 6.07 Å². The number of anilines is 1. The van der Waals surface area contributed by atoms with E-state index in [4.69, 9.17) is 5.26 Å². The number of nitrogens with zero attached hydrogens (tertiary/aromatic N) is 1. The van der Waals surface area contributed by atoms with Crippen molar-refractivity contribution in [2.75, 3.05) is 5.32 Å². The van der Waals surface area contributed by atoms with Crippen LogP contribution in [0.5, 0.6) is 0 Å². The summed E-state index contributed by atoms with van der Waals surface area (Å²) in [6.45, 7) is 2.45. The van der Waals surface area contributed by atoms with E-state index in [0.717, 1.165) is 5.56 Å². The molecule has 0 spiro atoms. The predicted octanol–water partition coefficient (Wildman–Crippen LogP) is 4.05. The first-order valence-electron chi connectivity index (χ1n) is 8.81. The topological polar surface area (TPSA) is 82.0 Å². The SMILES string of the molecule is Cc1ccc(CNC(=O)c2ccc(C(=O)Nc3ccccc3C#N)cc2)cc1. The minimum Gasteiger partial charge on any atom is -0.348 e. The lowest BCUT2D eigenvalue weighted by atomic mass is 10.1. The first kappa shape index (κ1) is 18.9. The second-order valence-corrected chi connectivity index (χ2v) is 6.36. The van der Waals surface area contributed by atoms with Crippen LogP contribution >= 0.6 is 0 Å². The third-order valence-electron chi connectivity index (χ3n) is 4.28. The molecular weight excluding hydrogens is 350 g/mol. The monoisotopic (exact) mass is 369 g/mol. The molecular formula is C23H19N3O2. The van der Waals surface area contributed by atoms with Crippen LogP contribution in [-0.2, 0) is 6.54 Å². The number of amides is 2. The van der Waals surface area contributed by atoms with Crippen molar-refractivity contribution in [3.63, 3.8) is 0 Å². The Hall–Kier alpha value is -3.91. The summed E-state index contributed by atoms with van der Waals surface area (Å²) in [5.41, 5.74) is 3.91. The molecule has 2 N–H and O–H groups in total. The highest BCUT2D eigenvalue weighted by molar-refractivity contribution is 6.05. The maximum absolute atomic E-state index is 12.4. The second-order valence-electron chi connectivity index (χ2n) is 6.36. The standard InChI is InChI=1S/C23H19N3O2/c1-16-6-8-17(9-7-16)15-25-22(27)18-10-12-19(13-11-18)23(28)26-21-5-3-2-4-20(21)14-24/h2-13H,15H2,1H3,(H,25,27)(H,26,28). The molecule has 0 saturated heterocycles. The minimum absolute atomic E-state index is 0.206. The van der Waals surface area contributed by atoms with Crippen LogP contribution in [0.15, 0.2) is 72.8 Å². The number of carbonyl (C=O) groups is 2. The highest BCUT2D eigenvalue weighted by Gasteiger charge is 2.11. The predicted molar refractivity (Wildman–Crippen MR) is 108 cm³/mol. The smallest absolute Gasteiger partial charge is 0.255 e. The molecule has 0 fully saturated rings. The van der Waals surface area contributed by atoms with Gasteiger partial charge in [-0.3, -0.25) is 9.59 Å². The molecule has 0 atom stereocenters. The normalized spacial score (nSPS) is 10.0. The lowest BCUT2D eigenvalue weighted by Gasteiger charge is -2.08. The van der Waals surface area contributed by atoms with E-state index in [1.54, 1.807) is 48.5 Å². The minimum atomic E-state index is -0.339. The van der Waals surface area contributed by atoms with Crippen LogP contribution in [0, 0.1) is 18.3 Å². The van der Waals surface area contributed by atoms with Crippen LogP contribution in [0.3, 0.4) is 0 Å². The van der Waals surface area contributed by atoms with E-state index in [-0.39, 0.29) is 11.8 Å². The molecule has 0 heterocycles. The summed E-state index contributed by atoms with van der Waals surface area (Å²) in [7, 11) is 0. The molecule has 0 bridgehead atoms. The molecule has 5 nitrogen and oxygen atoms in total. The third kappa shape index (κ3) is 4.63. The van der Waals surface area contributed by atoms with Crippen LogP contribution in [0.1, 0.15) is 37.4 Å². The maximum atomic E-state index is 12.4. The van der Waals surface area contributed by atoms with Crippen molar-refractivity contribution in [1.82, 2.24) is 5.32 Å². The van der Waals surface area contributed by atoms with Gasteiger partial charge in [-0.2, -0.15) is 5.26 Å². The van der Waals surface area contributed by atoms with E-state index in [1.807, 2.05) is 37.3 Å². The lowest BCUT2D eigenvalue weighted by molar-refractivity contribution is 0.0949. The van der Waals surface area contributed by atoms with E-state index in [9.17, 15) is 9.59 Å². The summed E-state index contributed by atoms with van der Waals surface area (Å²) in [6, 6.07) is 23.2. The Morgan fingerprint density at radius 1 is 0.857 bits per heavy atom. The average molecular weight is 369 g/mol. The van der Waals surface area contributed by atoms with E-state index >= 15 is 0 Å². The van der Waals surface area contributed by atoms with Gasteiger partial charge in [0.2, 0.25) is 0 Å². The summed E-state index contributed by atoms with van der Waals surface area (Å²) in [5.74, 6) is -0.545. The fourth-order valence-electron chi connectivity index (χ4n) is 2.65. The molecule has 5 heteroatoms. The number of nitriles is 1. The molecule has 0 aliphatic carbocycles. The third-order valence-corrected chi connectivity index (χ3v) is 4.28. The molecule has 2 amide bonds. The molecule has 0 saturated carbocycles. The summed E-state index contributed by atoms with van der Waals surface area (Å²) < 4.78 is 0. The molecule has 0 aliphatic heterocycles. The van der Waals surface area contributed by atoms with Crippen molar-refractivity contribution < 1.29 is 9.59 Å². The first-order chi connectivity index (χ1) is 13.6. The quantitative estimate of drug-likeness (QED) is 0.712. The Labute approximate surface area is 163 Å².